The van der Waals surface area contributed by atoms with Gasteiger partial charge in [0.25, 0.3) is 5.91 Å². The van der Waals surface area contributed by atoms with Crippen molar-refractivity contribution < 1.29 is 9.53 Å². The van der Waals surface area contributed by atoms with E-state index in [1.807, 2.05) is 18.5 Å². The highest BCUT2D eigenvalue weighted by molar-refractivity contribution is 5.96. The Labute approximate surface area is 144 Å². The molecule has 0 aliphatic carbocycles. The van der Waals surface area contributed by atoms with Crippen molar-refractivity contribution in [1.29, 1.82) is 0 Å². The number of piperidine rings is 1. The van der Waals surface area contributed by atoms with Crippen LogP contribution in [0.3, 0.4) is 0 Å². The molecule has 1 amide bonds. The lowest BCUT2D eigenvalue weighted by Crippen LogP contribution is -2.51. The number of aromatic nitrogens is 2. The summed E-state index contributed by atoms with van der Waals surface area (Å²) in [5.74, 6) is 0.169. The van der Waals surface area contributed by atoms with Crippen LogP contribution >= 0.6 is 0 Å². The van der Waals surface area contributed by atoms with Crippen molar-refractivity contribution in [3.63, 3.8) is 0 Å². The quantitative estimate of drug-likeness (QED) is 0.843. The van der Waals surface area contributed by atoms with Gasteiger partial charge in [-0.15, -0.1) is 0 Å². The molecule has 2 aliphatic heterocycles. The van der Waals surface area contributed by atoms with Crippen LogP contribution in [0.5, 0.6) is 0 Å². The van der Waals surface area contributed by atoms with Gasteiger partial charge in [-0.3, -0.25) is 14.4 Å². The van der Waals surface area contributed by atoms with Crippen molar-refractivity contribution >= 4 is 5.91 Å². The number of ether oxygens (including phenoxy) is 1. The Morgan fingerprint density at radius 1 is 1.21 bits per heavy atom. The van der Waals surface area contributed by atoms with Gasteiger partial charge in [-0.25, -0.2) is 0 Å². The number of rotatable bonds is 4. The molecule has 2 fully saturated rings. The molecule has 3 heterocycles. The number of nitrogens with zero attached hydrogens (tertiary/aromatic N) is 4. The normalized spacial score (nSPS) is 22.8. The fraction of sp³-hybridized carbons (Fsp3) is 0.778. The largest absolute Gasteiger partial charge is 0.379 e. The number of carbonyl (C=O) groups excluding carboxylic acids is 1. The van der Waals surface area contributed by atoms with Crippen LogP contribution < -0.4 is 0 Å². The zero-order valence-corrected chi connectivity index (χ0v) is 15.3. The second kappa shape index (κ2) is 7.66. The van der Waals surface area contributed by atoms with Gasteiger partial charge in [0.05, 0.1) is 24.5 Å². The molecular weight excluding hydrogens is 304 g/mol. The number of likely N-dealkylation sites (tertiary alicyclic amines) is 1. The molecule has 1 aromatic rings. The summed E-state index contributed by atoms with van der Waals surface area (Å²) in [4.78, 5) is 17.8. The molecule has 0 bridgehead atoms. The van der Waals surface area contributed by atoms with Gasteiger partial charge in [0.2, 0.25) is 0 Å². The molecule has 0 spiro atoms. The number of hydrogen-bond acceptors (Lipinski definition) is 4. The third-order valence-corrected chi connectivity index (χ3v) is 5.36. The summed E-state index contributed by atoms with van der Waals surface area (Å²) >= 11 is 0. The van der Waals surface area contributed by atoms with Gasteiger partial charge >= 0.3 is 0 Å². The third kappa shape index (κ3) is 3.49. The summed E-state index contributed by atoms with van der Waals surface area (Å²) in [6.07, 6.45) is 3.42. The first kappa shape index (κ1) is 17.4. The van der Waals surface area contributed by atoms with E-state index in [9.17, 15) is 4.79 Å². The van der Waals surface area contributed by atoms with E-state index in [0.717, 1.165) is 75.7 Å². The number of morpholine rings is 1. The summed E-state index contributed by atoms with van der Waals surface area (Å²) in [6.45, 7) is 12.2. The van der Waals surface area contributed by atoms with Gasteiger partial charge in [0, 0.05) is 44.5 Å². The Balaban J connectivity index is 1.77. The molecule has 1 unspecified atom stereocenters. The van der Waals surface area contributed by atoms with E-state index in [0.29, 0.717) is 6.04 Å². The molecule has 0 aromatic carbocycles. The molecule has 3 rings (SSSR count). The summed E-state index contributed by atoms with van der Waals surface area (Å²) in [5, 5.41) is 4.53. The molecule has 0 radical (unpaired) electrons. The van der Waals surface area contributed by atoms with E-state index in [1.165, 1.54) is 6.42 Å². The lowest BCUT2D eigenvalue weighted by molar-refractivity contribution is 0.0166. The molecule has 134 valence electrons. The Bertz CT molecular complexity index is 578. The highest BCUT2D eigenvalue weighted by atomic mass is 16.5. The topological polar surface area (TPSA) is 50.6 Å². The SMILES string of the molecule is CCn1nc(C)c(C(=O)N2CCCCC2CN2CCOCC2)c1C. The van der Waals surface area contributed by atoms with Crippen LogP contribution in [0.15, 0.2) is 0 Å². The Morgan fingerprint density at radius 3 is 2.62 bits per heavy atom. The highest BCUT2D eigenvalue weighted by Crippen LogP contribution is 2.24. The second-order valence-electron chi connectivity index (χ2n) is 6.92. The van der Waals surface area contributed by atoms with Gasteiger partial charge < -0.3 is 9.64 Å². The molecule has 0 N–H and O–H groups in total. The van der Waals surface area contributed by atoms with Gasteiger partial charge in [-0.2, -0.15) is 5.10 Å². The van der Waals surface area contributed by atoms with E-state index < -0.39 is 0 Å². The van der Waals surface area contributed by atoms with Crippen LogP contribution in [0.1, 0.15) is 47.9 Å². The maximum atomic E-state index is 13.3. The van der Waals surface area contributed by atoms with Crippen molar-refractivity contribution in [3.05, 3.63) is 17.0 Å². The number of carbonyl (C=O) groups is 1. The van der Waals surface area contributed by atoms with Gasteiger partial charge in [-0.1, -0.05) is 0 Å². The first-order valence-electron chi connectivity index (χ1n) is 9.27. The predicted molar refractivity (Wildman–Crippen MR) is 93.3 cm³/mol. The van der Waals surface area contributed by atoms with Crippen LogP contribution in [-0.2, 0) is 11.3 Å². The molecule has 24 heavy (non-hydrogen) atoms. The molecule has 2 saturated heterocycles. The molecule has 6 heteroatoms. The minimum Gasteiger partial charge on any atom is -0.379 e. The zero-order chi connectivity index (χ0) is 17.1. The number of aryl methyl sites for hydroxylation is 2. The standard InChI is InChI=1S/C18H30N4O2/c1-4-22-15(3)17(14(2)19-22)18(23)21-8-6-5-7-16(21)13-20-9-11-24-12-10-20/h16H,4-13H2,1-3H3. The summed E-state index contributed by atoms with van der Waals surface area (Å²) in [7, 11) is 0. The summed E-state index contributed by atoms with van der Waals surface area (Å²) in [5.41, 5.74) is 2.66. The van der Waals surface area contributed by atoms with Crippen molar-refractivity contribution in [2.75, 3.05) is 39.4 Å². The van der Waals surface area contributed by atoms with Crippen molar-refractivity contribution in [2.24, 2.45) is 0 Å². The minimum atomic E-state index is 0.169. The minimum absolute atomic E-state index is 0.169. The van der Waals surface area contributed by atoms with Crippen molar-refractivity contribution in [3.8, 4) is 0 Å². The molecule has 1 aromatic heterocycles. The summed E-state index contributed by atoms with van der Waals surface area (Å²) in [6, 6.07) is 0.313. The van der Waals surface area contributed by atoms with E-state index in [-0.39, 0.29) is 5.91 Å². The molecular formula is C18H30N4O2. The first-order valence-corrected chi connectivity index (χ1v) is 9.27. The van der Waals surface area contributed by atoms with E-state index >= 15 is 0 Å². The van der Waals surface area contributed by atoms with Crippen LogP contribution in [-0.4, -0.2) is 70.9 Å². The van der Waals surface area contributed by atoms with Gasteiger partial charge in [0.15, 0.2) is 0 Å². The highest BCUT2D eigenvalue weighted by Gasteiger charge is 2.32. The number of hydrogen-bond donors (Lipinski definition) is 0. The Hall–Kier alpha value is -1.40. The maximum absolute atomic E-state index is 13.3. The second-order valence-corrected chi connectivity index (χ2v) is 6.92. The average Bonchev–Trinajstić information content (AvgIpc) is 2.89. The van der Waals surface area contributed by atoms with Crippen LogP contribution in [0, 0.1) is 13.8 Å². The third-order valence-electron chi connectivity index (χ3n) is 5.36. The fourth-order valence-corrected chi connectivity index (χ4v) is 4.00. The first-order chi connectivity index (χ1) is 11.6. The van der Waals surface area contributed by atoms with E-state index in [1.54, 1.807) is 0 Å². The maximum Gasteiger partial charge on any atom is 0.257 e. The van der Waals surface area contributed by atoms with Gasteiger partial charge in [-0.05, 0) is 40.0 Å². The molecule has 6 nitrogen and oxygen atoms in total. The van der Waals surface area contributed by atoms with Crippen LogP contribution in [0.2, 0.25) is 0 Å². The smallest absolute Gasteiger partial charge is 0.257 e. The fourth-order valence-electron chi connectivity index (χ4n) is 4.00. The van der Waals surface area contributed by atoms with Crippen LogP contribution in [0.25, 0.3) is 0 Å². The lowest BCUT2D eigenvalue weighted by atomic mass is 9.99. The van der Waals surface area contributed by atoms with Crippen molar-refractivity contribution in [1.82, 2.24) is 19.6 Å². The van der Waals surface area contributed by atoms with E-state index in [4.69, 9.17) is 4.74 Å². The summed E-state index contributed by atoms with van der Waals surface area (Å²) < 4.78 is 7.38. The Kier molecular flexibility index (Phi) is 5.56. The zero-order valence-electron chi connectivity index (χ0n) is 15.3. The average molecular weight is 334 g/mol. The molecule has 2 aliphatic rings. The van der Waals surface area contributed by atoms with Gasteiger partial charge in [0.1, 0.15) is 0 Å². The number of amides is 1. The van der Waals surface area contributed by atoms with Crippen molar-refractivity contribution in [2.45, 2.75) is 52.6 Å². The molecule has 0 saturated carbocycles. The monoisotopic (exact) mass is 334 g/mol. The van der Waals surface area contributed by atoms with E-state index in [2.05, 4.69) is 21.8 Å². The predicted octanol–water partition coefficient (Wildman–Crippen LogP) is 1.85. The molecule has 1 atom stereocenters. The van der Waals surface area contributed by atoms with Crippen LogP contribution in [0.4, 0.5) is 0 Å². The Morgan fingerprint density at radius 2 is 1.96 bits per heavy atom. The lowest BCUT2D eigenvalue weighted by Gasteiger charge is -2.39.